The molecule has 0 aliphatic rings. The normalized spacial score (nSPS) is 13.2. The van der Waals surface area contributed by atoms with Gasteiger partial charge in [0.2, 0.25) is 0 Å². The molecule has 7 nitrogen and oxygen atoms in total. The van der Waals surface area contributed by atoms with Gasteiger partial charge in [0.15, 0.2) is 5.96 Å². The van der Waals surface area contributed by atoms with Crippen LogP contribution in [0.5, 0.6) is 0 Å². The first kappa shape index (κ1) is 24.4. The van der Waals surface area contributed by atoms with Crippen molar-refractivity contribution in [2.24, 2.45) is 4.99 Å². The minimum Gasteiger partial charge on any atom is -0.466 e. The second-order valence-electron chi connectivity index (χ2n) is 6.14. The average molecular weight is 565 g/mol. The van der Waals surface area contributed by atoms with Gasteiger partial charge in [-0.3, -0.25) is 4.79 Å². The molecule has 2 rings (SSSR count). The molecule has 154 valence electrons. The van der Waals surface area contributed by atoms with Crippen LogP contribution in [-0.4, -0.2) is 43.2 Å². The molecule has 0 bridgehead atoms. The predicted octanol–water partition coefficient (Wildman–Crippen LogP) is 2.85. The molecule has 0 spiro atoms. The van der Waals surface area contributed by atoms with Gasteiger partial charge in [0.25, 0.3) is 5.91 Å². The largest absolute Gasteiger partial charge is 0.466 e. The van der Waals surface area contributed by atoms with E-state index in [1.165, 1.54) is 6.26 Å². The van der Waals surface area contributed by atoms with Crippen LogP contribution in [0.3, 0.4) is 0 Å². The zero-order valence-electron chi connectivity index (χ0n) is 15.9. The Hall–Kier alpha value is -1.59. The lowest BCUT2D eigenvalue weighted by Gasteiger charge is -2.19. The molecule has 2 aromatic rings. The molecule has 0 radical (unpaired) electrons. The molecule has 0 saturated carbocycles. The maximum absolute atomic E-state index is 12.1. The molecule has 1 amide bonds. The number of amides is 1. The van der Waals surface area contributed by atoms with Crippen molar-refractivity contribution in [1.82, 2.24) is 16.0 Å². The fourth-order valence-corrected chi connectivity index (χ4v) is 2.73. The van der Waals surface area contributed by atoms with E-state index in [1.54, 1.807) is 31.2 Å². The molecule has 1 aromatic carbocycles. The van der Waals surface area contributed by atoms with Crippen molar-refractivity contribution in [1.29, 1.82) is 0 Å². The van der Waals surface area contributed by atoms with Gasteiger partial charge in [0, 0.05) is 29.7 Å². The molecule has 28 heavy (non-hydrogen) atoms. The Morgan fingerprint density at radius 1 is 1.21 bits per heavy atom. The number of hydrogen-bond donors (Lipinski definition) is 4. The summed E-state index contributed by atoms with van der Waals surface area (Å²) in [4.78, 5) is 16.5. The Labute approximate surface area is 190 Å². The van der Waals surface area contributed by atoms with E-state index >= 15 is 0 Å². The lowest BCUT2D eigenvalue weighted by atomic mass is 10.0. The molecule has 1 aromatic heterocycles. The third kappa shape index (κ3) is 7.80. The summed E-state index contributed by atoms with van der Waals surface area (Å²) < 4.78 is 6.11. The molecule has 0 fully saturated rings. The summed E-state index contributed by atoms with van der Waals surface area (Å²) in [5.41, 5.74) is -0.597. The lowest BCUT2D eigenvalue weighted by molar-refractivity contribution is 0.0437. The fourth-order valence-electron chi connectivity index (χ4n) is 2.33. The number of carbonyl (C=O) groups is 1. The van der Waals surface area contributed by atoms with E-state index in [0.29, 0.717) is 36.9 Å². The Bertz CT molecular complexity index is 766. The van der Waals surface area contributed by atoms with Crippen molar-refractivity contribution in [3.8, 4) is 0 Å². The topological polar surface area (TPSA) is 98.9 Å². The van der Waals surface area contributed by atoms with Gasteiger partial charge in [-0.1, -0.05) is 22.0 Å². The standard InChI is InChI=1S/C19H25BrN4O3.HI/c1-3-21-18(24-13-19(2,26)16-8-5-11-27-16)23-10-9-22-17(25)14-6-4-7-15(20)12-14;/h4-8,11-12,26H,3,9-10,13H2,1-2H3,(H,22,25)(H2,21,23,24);1H. The Morgan fingerprint density at radius 2 is 1.96 bits per heavy atom. The minimum atomic E-state index is -1.19. The highest BCUT2D eigenvalue weighted by atomic mass is 127. The monoisotopic (exact) mass is 564 g/mol. The number of carbonyl (C=O) groups excluding carboxylic acids is 1. The molecule has 1 unspecified atom stereocenters. The van der Waals surface area contributed by atoms with Crippen LogP contribution in [0.15, 0.2) is 56.5 Å². The van der Waals surface area contributed by atoms with E-state index in [9.17, 15) is 9.90 Å². The summed E-state index contributed by atoms with van der Waals surface area (Å²) in [5.74, 6) is 0.880. The van der Waals surface area contributed by atoms with Crippen molar-refractivity contribution in [3.63, 3.8) is 0 Å². The van der Waals surface area contributed by atoms with E-state index in [-0.39, 0.29) is 36.4 Å². The molecule has 9 heteroatoms. The molecule has 0 aliphatic carbocycles. The summed E-state index contributed by atoms with van der Waals surface area (Å²) in [6.45, 7) is 5.35. The van der Waals surface area contributed by atoms with Crippen molar-refractivity contribution in [2.75, 3.05) is 26.2 Å². The van der Waals surface area contributed by atoms with Crippen molar-refractivity contribution in [2.45, 2.75) is 19.4 Å². The maximum atomic E-state index is 12.1. The van der Waals surface area contributed by atoms with Crippen molar-refractivity contribution < 1.29 is 14.3 Å². The van der Waals surface area contributed by atoms with Crippen LogP contribution in [0.4, 0.5) is 0 Å². The number of hydrogen-bond acceptors (Lipinski definition) is 4. The predicted molar refractivity (Wildman–Crippen MR) is 124 cm³/mol. The summed E-state index contributed by atoms with van der Waals surface area (Å²) in [5, 5.41) is 19.6. The summed E-state index contributed by atoms with van der Waals surface area (Å²) >= 11 is 3.35. The number of benzene rings is 1. The van der Waals surface area contributed by atoms with Crippen LogP contribution < -0.4 is 16.0 Å². The van der Waals surface area contributed by atoms with Crippen LogP contribution in [0.25, 0.3) is 0 Å². The van der Waals surface area contributed by atoms with E-state index in [2.05, 4.69) is 36.9 Å². The SMILES string of the molecule is CCNC(=NCC(C)(O)c1ccco1)NCCNC(=O)c1cccc(Br)c1.I. The van der Waals surface area contributed by atoms with Gasteiger partial charge >= 0.3 is 0 Å². The van der Waals surface area contributed by atoms with E-state index in [1.807, 2.05) is 19.1 Å². The van der Waals surface area contributed by atoms with E-state index in [4.69, 9.17) is 4.42 Å². The molecule has 4 N–H and O–H groups in total. The van der Waals surface area contributed by atoms with Crippen LogP contribution in [0.2, 0.25) is 0 Å². The number of furan rings is 1. The minimum absolute atomic E-state index is 0. The van der Waals surface area contributed by atoms with Crippen LogP contribution >= 0.6 is 39.9 Å². The lowest BCUT2D eigenvalue weighted by Crippen LogP contribution is -2.42. The van der Waals surface area contributed by atoms with E-state index < -0.39 is 5.60 Å². The zero-order chi connectivity index (χ0) is 19.7. The third-order valence-electron chi connectivity index (χ3n) is 3.73. The highest BCUT2D eigenvalue weighted by Crippen LogP contribution is 2.20. The number of halogens is 2. The molecule has 1 atom stereocenters. The number of rotatable bonds is 8. The molecular weight excluding hydrogens is 539 g/mol. The number of guanidine groups is 1. The highest BCUT2D eigenvalue weighted by molar-refractivity contribution is 14.0. The van der Waals surface area contributed by atoms with Crippen molar-refractivity contribution in [3.05, 3.63) is 58.5 Å². The van der Waals surface area contributed by atoms with Gasteiger partial charge in [0.05, 0.1) is 12.8 Å². The van der Waals surface area contributed by atoms with Crippen molar-refractivity contribution >= 4 is 51.8 Å². The van der Waals surface area contributed by atoms with Crippen LogP contribution in [0, 0.1) is 0 Å². The number of nitrogens with one attached hydrogen (secondary N) is 3. The second-order valence-corrected chi connectivity index (χ2v) is 7.06. The zero-order valence-corrected chi connectivity index (χ0v) is 19.8. The Balaban J connectivity index is 0.00000392. The Kier molecular flexibility index (Phi) is 10.5. The molecular formula is C19H26BrIN4O3. The first-order chi connectivity index (χ1) is 12.9. The number of aliphatic hydroxyl groups is 1. The number of aliphatic imine (C=N–C) groups is 1. The Morgan fingerprint density at radius 3 is 2.61 bits per heavy atom. The average Bonchev–Trinajstić information content (AvgIpc) is 3.18. The highest BCUT2D eigenvalue weighted by Gasteiger charge is 2.26. The summed E-state index contributed by atoms with van der Waals surface area (Å²) in [6.07, 6.45) is 1.52. The first-order valence-corrected chi connectivity index (χ1v) is 9.54. The quantitative estimate of drug-likeness (QED) is 0.171. The first-order valence-electron chi connectivity index (χ1n) is 8.74. The summed E-state index contributed by atoms with van der Waals surface area (Å²) in [7, 11) is 0. The second kappa shape index (κ2) is 12.1. The maximum Gasteiger partial charge on any atom is 0.251 e. The van der Waals surface area contributed by atoms with E-state index in [0.717, 1.165) is 4.47 Å². The van der Waals surface area contributed by atoms with Gasteiger partial charge in [-0.25, -0.2) is 4.99 Å². The smallest absolute Gasteiger partial charge is 0.251 e. The summed E-state index contributed by atoms with van der Waals surface area (Å²) in [6, 6.07) is 10.7. The van der Waals surface area contributed by atoms with Gasteiger partial charge < -0.3 is 25.5 Å². The van der Waals surface area contributed by atoms with Gasteiger partial charge in [0.1, 0.15) is 11.4 Å². The molecule has 0 aliphatic heterocycles. The van der Waals surface area contributed by atoms with Crippen LogP contribution in [0.1, 0.15) is 30.0 Å². The van der Waals surface area contributed by atoms with Crippen LogP contribution in [-0.2, 0) is 5.60 Å². The molecule has 0 saturated heterocycles. The molecule has 1 heterocycles. The third-order valence-corrected chi connectivity index (χ3v) is 4.22. The van der Waals surface area contributed by atoms with Gasteiger partial charge in [-0.2, -0.15) is 0 Å². The van der Waals surface area contributed by atoms with Gasteiger partial charge in [-0.15, -0.1) is 24.0 Å². The fraction of sp³-hybridized carbons (Fsp3) is 0.368. The number of nitrogens with zero attached hydrogens (tertiary/aromatic N) is 1. The van der Waals surface area contributed by atoms with Gasteiger partial charge in [-0.05, 0) is 44.2 Å².